The van der Waals surface area contributed by atoms with Crippen molar-refractivity contribution in [3.05, 3.63) is 71.6 Å². The number of hydrogen-bond acceptors (Lipinski definition) is 6. The molecule has 0 aliphatic rings. The molecule has 1 N–H and O–H groups in total. The van der Waals surface area contributed by atoms with Crippen molar-refractivity contribution in [1.82, 2.24) is 9.78 Å². The molecule has 4 aromatic rings. The third kappa shape index (κ3) is 5.46. The van der Waals surface area contributed by atoms with Gasteiger partial charge < -0.3 is 14.5 Å². The number of aryl methyl sites for hydroxylation is 3. The average Bonchev–Trinajstić information content (AvgIpc) is 3.36. The minimum atomic E-state index is -0.750. The Kier molecular flexibility index (Phi) is 6.99. The number of aromatic nitrogens is 2. The molecule has 1 amide bonds. The first-order valence-electron chi connectivity index (χ1n) is 9.47. The highest BCUT2D eigenvalue weighted by Crippen LogP contribution is 2.34. The quantitative estimate of drug-likeness (QED) is 0.494. The predicted octanol–water partition coefficient (Wildman–Crippen LogP) is 4.41. The Hall–Kier alpha value is -3.72. The molecule has 160 valence electrons. The normalized spacial score (nSPS) is 10.3. The van der Waals surface area contributed by atoms with Crippen LogP contribution in [0.15, 0.2) is 59.1 Å². The highest BCUT2D eigenvalue weighted by Gasteiger charge is 2.16. The summed E-state index contributed by atoms with van der Waals surface area (Å²) in [4.78, 5) is 12.7. The standard InChI is InChI=1S/C22H21N3O3.O2S/c1-4-16-13-18-19(27-16)11-15(22(26)23-21-9-10-25(3)24-21)12-20(18)28-17-7-5-14(2)6-8-17;1-3-2/h5-13H,4H2,1-3H3,(H,23,24,26);. The van der Waals surface area contributed by atoms with Gasteiger partial charge in [0.25, 0.3) is 5.91 Å². The van der Waals surface area contributed by atoms with Crippen molar-refractivity contribution in [2.24, 2.45) is 7.05 Å². The molecule has 8 nitrogen and oxygen atoms in total. The molecule has 0 fully saturated rings. The number of benzene rings is 2. The Morgan fingerprint density at radius 2 is 1.87 bits per heavy atom. The highest BCUT2D eigenvalue weighted by atomic mass is 32.1. The van der Waals surface area contributed by atoms with E-state index in [1.165, 1.54) is 0 Å². The minimum absolute atomic E-state index is 0.274. The van der Waals surface area contributed by atoms with E-state index in [4.69, 9.17) is 17.6 Å². The van der Waals surface area contributed by atoms with E-state index in [1.54, 1.807) is 36.1 Å². The van der Waals surface area contributed by atoms with Crippen LogP contribution >= 0.6 is 0 Å². The van der Waals surface area contributed by atoms with Crippen LogP contribution in [-0.2, 0) is 25.0 Å². The van der Waals surface area contributed by atoms with Gasteiger partial charge in [0.2, 0.25) is 0 Å². The Bertz CT molecular complexity index is 1240. The Balaban J connectivity index is 0.000000858. The van der Waals surface area contributed by atoms with Crippen LogP contribution in [0.2, 0.25) is 0 Å². The van der Waals surface area contributed by atoms with E-state index in [-0.39, 0.29) is 5.91 Å². The number of rotatable bonds is 5. The van der Waals surface area contributed by atoms with Gasteiger partial charge in [0.05, 0.1) is 5.39 Å². The van der Waals surface area contributed by atoms with Crippen molar-refractivity contribution in [2.75, 3.05) is 5.32 Å². The van der Waals surface area contributed by atoms with Crippen molar-refractivity contribution < 1.29 is 22.4 Å². The summed E-state index contributed by atoms with van der Waals surface area (Å²) >= 11 is -0.750. The van der Waals surface area contributed by atoms with Crippen LogP contribution in [0.1, 0.15) is 28.6 Å². The summed E-state index contributed by atoms with van der Waals surface area (Å²) < 4.78 is 30.2. The van der Waals surface area contributed by atoms with E-state index in [0.717, 1.165) is 23.1 Å². The van der Waals surface area contributed by atoms with Crippen LogP contribution in [0.5, 0.6) is 11.5 Å². The van der Waals surface area contributed by atoms with Crippen LogP contribution in [-0.4, -0.2) is 24.1 Å². The Labute approximate surface area is 182 Å². The second kappa shape index (κ2) is 9.86. The van der Waals surface area contributed by atoms with Crippen LogP contribution in [0.4, 0.5) is 5.82 Å². The second-order valence-corrected chi connectivity index (χ2v) is 6.90. The van der Waals surface area contributed by atoms with Gasteiger partial charge in [-0.05, 0) is 37.3 Å². The first-order chi connectivity index (χ1) is 14.9. The second-order valence-electron chi connectivity index (χ2n) is 6.76. The maximum absolute atomic E-state index is 12.7. The van der Waals surface area contributed by atoms with Gasteiger partial charge in [0, 0.05) is 31.3 Å². The molecule has 0 unspecified atom stereocenters. The molecule has 0 saturated carbocycles. The zero-order valence-electron chi connectivity index (χ0n) is 17.2. The minimum Gasteiger partial charge on any atom is -0.461 e. The number of nitrogens with zero attached hydrogens (tertiary/aromatic N) is 2. The largest absolute Gasteiger partial charge is 0.461 e. The monoisotopic (exact) mass is 439 g/mol. The van der Waals surface area contributed by atoms with E-state index in [9.17, 15) is 4.79 Å². The van der Waals surface area contributed by atoms with Crippen LogP contribution in [0, 0.1) is 6.92 Å². The van der Waals surface area contributed by atoms with Crippen molar-refractivity contribution >= 4 is 34.3 Å². The predicted molar refractivity (Wildman–Crippen MR) is 117 cm³/mol. The lowest BCUT2D eigenvalue weighted by Crippen LogP contribution is -2.12. The van der Waals surface area contributed by atoms with E-state index in [0.29, 0.717) is 28.5 Å². The fraction of sp³-hybridized carbons (Fsp3) is 0.182. The molecule has 2 aromatic heterocycles. The lowest BCUT2D eigenvalue weighted by atomic mass is 10.1. The molecule has 0 saturated heterocycles. The number of nitrogens with one attached hydrogen (secondary N) is 1. The summed E-state index contributed by atoms with van der Waals surface area (Å²) in [6, 6.07) is 14.9. The van der Waals surface area contributed by atoms with Crippen LogP contribution < -0.4 is 10.1 Å². The third-order valence-electron chi connectivity index (χ3n) is 4.47. The first-order valence-corrected chi connectivity index (χ1v) is 10.1. The Morgan fingerprint density at radius 1 is 1.16 bits per heavy atom. The van der Waals surface area contributed by atoms with Gasteiger partial charge in [0.1, 0.15) is 22.8 Å². The number of carbonyl (C=O) groups is 1. The summed E-state index contributed by atoms with van der Waals surface area (Å²) in [5, 5.41) is 7.82. The van der Waals surface area contributed by atoms with Gasteiger partial charge in [-0.3, -0.25) is 9.48 Å². The summed E-state index contributed by atoms with van der Waals surface area (Å²) in [6.45, 7) is 4.04. The van der Waals surface area contributed by atoms with Crippen LogP contribution in [0.3, 0.4) is 0 Å². The number of hydrogen-bond donors (Lipinski definition) is 1. The van der Waals surface area contributed by atoms with E-state index in [1.807, 2.05) is 44.2 Å². The average molecular weight is 439 g/mol. The molecule has 4 rings (SSSR count). The van der Waals surface area contributed by atoms with Gasteiger partial charge in [-0.25, -0.2) is 0 Å². The SMILES string of the molecule is CCc1cc2c(Oc3ccc(C)cc3)cc(C(=O)Nc3ccn(C)n3)cc2o1.O=S=O. The molecular formula is C22H21N3O5S. The lowest BCUT2D eigenvalue weighted by molar-refractivity contribution is 0.102. The molecule has 31 heavy (non-hydrogen) atoms. The molecule has 0 aliphatic carbocycles. The summed E-state index contributed by atoms with van der Waals surface area (Å²) in [7, 11) is 1.80. The highest BCUT2D eigenvalue weighted by molar-refractivity contribution is 7.51. The summed E-state index contributed by atoms with van der Waals surface area (Å²) in [5.41, 5.74) is 2.21. The number of amides is 1. The molecule has 0 radical (unpaired) electrons. The maximum Gasteiger partial charge on any atom is 0.335 e. The van der Waals surface area contributed by atoms with Gasteiger partial charge in [-0.1, -0.05) is 24.6 Å². The Morgan fingerprint density at radius 3 is 2.48 bits per heavy atom. The molecular weight excluding hydrogens is 418 g/mol. The third-order valence-corrected chi connectivity index (χ3v) is 4.47. The van der Waals surface area contributed by atoms with Crippen molar-refractivity contribution in [1.29, 1.82) is 0 Å². The molecule has 0 atom stereocenters. The zero-order chi connectivity index (χ0) is 22.4. The van der Waals surface area contributed by atoms with E-state index >= 15 is 0 Å². The van der Waals surface area contributed by atoms with Gasteiger partial charge in [0.15, 0.2) is 5.82 Å². The maximum atomic E-state index is 12.7. The molecule has 9 heteroatoms. The molecule has 0 spiro atoms. The number of anilines is 1. The first kappa shape index (κ1) is 22.0. The van der Waals surface area contributed by atoms with Gasteiger partial charge in [-0.2, -0.15) is 13.5 Å². The van der Waals surface area contributed by atoms with E-state index < -0.39 is 11.6 Å². The smallest absolute Gasteiger partial charge is 0.335 e. The topological polar surface area (TPSA) is 103 Å². The summed E-state index contributed by atoms with van der Waals surface area (Å²) in [5.74, 6) is 2.33. The lowest BCUT2D eigenvalue weighted by Gasteiger charge is -2.09. The molecule has 0 aliphatic heterocycles. The number of carbonyl (C=O) groups excluding carboxylic acids is 1. The van der Waals surface area contributed by atoms with Gasteiger partial charge in [-0.15, -0.1) is 0 Å². The number of ether oxygens (including phenoxy) is 1. The summed E-state index contributed by atoms with van der Waals surface area (Å²) in [6.07, 6.45) is 2.53. The molecule has 0 bridgehead atoms. The van der Waals surface area contributed by atoms with Crippen LogP contribution in [0.25, 0.3) is 11.0 Å². The number of furan rings is 1. The number of fused-ring (bicyclic) bond motifs is 1. The van der Waals surface area contributed by atoms with Crippen molar-refractivity contribution in [3.63, 3.8) is 0 Å². The molecule has 2 heterocycles. The zero-order valence-corrected chi connectivity index (χ0v) is 18.1. The fourth-order valence-corrected chi connectivity index (χ4v) is 2.95. The van der Waals surface area contributed by atoms with E-state index in [2.05, 4.69) is 10.4 Å². The van der Waals surface area contributed by atoms with Crippen molar-refractivity contribution in [2.45, 2.75) is 20.3 Å². The fourth-order valence-electron chi connectivity index (χ4n) is 2.95. The van der Waals surface area contributed by atoms with Crippen molar-refractivity contribution in [3.8, 4) is 11.5 Å². The molecule has 2 aromatic carbocycles. The van der Waals surface area contributed by atoms with Gasteiger partial charge >= 0.3 is 11.6 Å².